The first-order valence-electron chi connectivity index (χ1n) is 9.02. The Hall–Kier alpha value is -2.30. The monoisotopic (exact) mass is 340 g/mol. The number of hydrogen-bond acceptors (Lipinski definition) is 3. The van der Waals surface area contributed by atoms with Gasteiger partial charge in [0.25, 0.3) is 0 Å². The highest BCUT2D eigenvalue weighted by molar-refractivity contribution is 5.94. The Kier molecular flexibility index (Phi) is 3.63. The number of benzene rings is 1. The molecule has 3 heterocycles. The molecule has 0 radical (unpaired) electrons. The third-order valence-corrected chi connectivity index (χ3v) is 5.08. The Balaban J connectivity index is 1.92. The van der Waals surface area contributed by atoms with E-state index in [1.54, 1.807) is 4.57 Å². The Labute approximate surface area is 147 Å². The number of amides is 1. The number of ether oxygens (including phenoxy) is 1. The number of carbonyl (C=O) groups excluding carboxylic acids is 2. The van der Waals surface area contributed by atoms with Gasteiger partial charge in [-0.1, -0.05) is 18.2 Å². The molecule has 0 spiro atoms. The van der Waals surface area contributed by atoms with Gasteiger partial charge < -0.3 is 9.64 Å². The topological polar surface area (TPSA) is 51.5 Å². The second-order valence-corrected chi connectivity index (χ2v) is 7.94. The fourth-order valence-electron chi connectivity index (χ4n) is 4.16. The van der Waals surface area contributed by atoms with Crippen LogP contribution < -0.4 is 0 Å². The molecule has 2 aliphatic heterocycles. The van der Waals surface area contributed by atoms with E-state index in [2.05, 4.69) is 6.07 Å². The number of para-hydroxylation sites is 1. The van der Waals surface area contributed by atoms with Crippen molar-refractivity contribution in [1.82, 2.24) is 9.47 Å². The molecular formula is C20H24N2O3. The SMILES string of the molecule is CC(C)(C)OC(=O)n1c2c(c3ccccc31)CCN1C(=O)CCC[C@@H]21. The molecule has 0 unspecified atom stereocenters. The zero-order valence-electron chi connectivity index (χ0n) is 15.0. The van der Waals surface area contributed by atoms with Crippen molar-refractivity contribution >= 4 is 22.9 Å². The molecule has 1 aromatic heterocycles. The van der Waals surface area contributed by atoms with Gasteiger partial charge in [-0.15, -0.1) is 0 Å². The van der Waals surface area contributed by atoms with Crippen molar-refractivity contribution in [3.63, 3.8) is 0 Å². The summed E-state index contributed by atoms with van der Waals surface area (Å²) in [5, 5.41) is 1.10. The summed E-state index contributed by atoms with van der Waals surface area (Å²) < 4.78 is 7.40. The smallest absolute Gasteiger partial charge is 0.419 e. The van der Waals surface area contributed by atoms with Crippen molar-refractivity contribution in [3.05, 3.63) is 35.5 Å². The molecule has 5 heteroatoms. The average Bonchev–Trinajstić information content (AvgIpc) is 2.88. The quantitative estimate of drug-likeness (QED) is 0.727. The number of hydrogen-bond donors (Lipinski definition) is 0. The molecule has 0 aliphatic carbocycles. The molecule has 0 saturated carbocycles. The summed E-state index contributed by atoms with van der Waals surface area (Å²) in [6, 6.07) is 7.95. The van der Waals surface area contributed by atoms with Crippen LogP contribution in [-0.4, -0.2) is 33.6 Å². The first-order valence-corrected chi connectivity index (χ1v) is 9.02. The molecule has 2 aromatic rings. The van der Waals surface area contributed by atoms with Gasteiger partial charge in [0.1, 0.15) is 5.60 Å². The van der Waals surface area contributed by atoms with Gasteiger partial charge in [-0.2, -0.15) is 0 Å². The predicted molar refractivity (Wildman–Crippen MR) is 95.6 cm³/mol. The van der Waals surface area contributed by atoms with Gasteiger partial charge in [0.15, 0.2) is 0 Å². The summed E-state index contributed by atoms with van der Waals surface area (Å²) in [5.41, 5.74) is 2.46. The number of aromatic nitrogens is 1. The highest BCUT2D eigenvalue weighted by Crippen LogP contribution is 2.42. The Bertz CT molecular complexity index is 860. The molecule has 4 rings (SSSR count). The maximum Gasteiger partial charge on any atom is 0.419 e. The third kappa shape index (κ3) is 2.62. The van der Waals surface area contributed by atoms with Crippen LogP contribution in [0.15, 0.2) is 24.3 Å². The van der Waals surface area contributed by atoms with Crippen LogP contribution in [0, 0.1) is 0 Å². The highest BCUT2D eigenvalue weighted by atomic mass is 16.6. The summed E-state index contributed by atoms with van der Waals surface area (Å²) in [6.07, 6.45) is 2.81. The summed E-state index contributed by atoms with van der Waals surface area (Å²) in [7, 11) is 0. The van der Waals surface area contributed by atoms with E-state index < -0.39 is 5.60 Å². The number of nitrogens with zero attached hydrogens (tertiary/aromatic N) is 2. The molecule has 5 nitrogen and oxygen atoms in total. The maximum absolute atomic E-state index is 13.0. The Morgan fingerprint density at radius 3 is 2.72 bits per heavy atom. The van der Waals surface area contributed by atoms with Crippen molar-refractivity contribution in [2.45, 2.75) is 58.1 Å². The van der Waals surface area contributed by atoms with E-state index in [4.69, 9.17) is 4.74 Å². The number of piperidine rings is 1. The van der Waals surface area contributed by atoms with Gasteiger partial charge in [0, 0.05) is 18.4 Å². The van der Waals surface area contributed by atoms with Gasteiger partial charge in [0.05, 0.1) is 17.3 Å². The van der Waals surface area contributed by atoms with Crippen molar-refractivity contribution in [3.8, 4) is 0 Å². The van der Waals surface area contributed by atoms with E-state index in [1.165, 1.54) is 5.56 Å². The van der Waals surface area contributed by atoms with Gasteiger partial charge in [0.2, 0.25) is 5.91 Å². The number of carbonyl (C=O) groups is 2. The average molecular weight is 340 g/mol. The predicted octanol–water partition coefficient (Wildman–Crippen LogP) is 4.03. The number of rotatable bonds is 0. The molecule has 1 saturated heterocycles. The zero-order valence-corrected chi connectivity index (χ0v) is 15.0. The summed E-state index contributed by atoms with van der Waals surface area (Å²) >= 11 is 0. The Morgan fingerprint density at radius 2 is 1.96 bits per heavy atom. The second kappa shape index (κ2) is 5.61. The molecule has 132 valence electrons. The largest absolute Gasteiger partial charge is 0.443 e. The van der Waals surface area contributed by atoms with Crippen molar-refractivity contribution < 1.29 is 14.3 Å². The minimum absolute atomic E-state index is 0.0232. The van der Waals surface area contributed by atoms with Gasteiger partial charge in [-0.05, 0) is 51.7 Å². The fourth-order valence-corrected chi connectivity index (χ4v) is 4.16. The third-order valence-electron chi connectivity index (χ3n) is 5.08. The maximum atomic E-state index is 13.0. The van der Waals surface area contributed by atoms with Crippen LogP contribution in [-0.2, 0) is 16.0 Å². The fraction of sp³-hybridized carbons (Fsp3) is 0.500. The summed E-state index contributed by atoms with van der Waals surface area (Å²) in [5.74, 6) is 0.197. The van der Waals surface area contributed by atoms with Crippen LogP contribution in [0.1, 0.15) is 57.3 Å². The van der Waals surface area contributed by atoms with Crippen molar-refractivity contribution in [1.29, 1.82) is 0 Å². The lowest BCUT2D eigenvalue weighted by molar-refractivity contribution is -0.137. The molecule has 1 atom stereocenters. The van der Waals surface area contributed by atoms with Crippen LogP contribution in [0.5, 0.6) is 0 Å². The lowest BCUT2D eigenvalue weighted by Gasteiger charge is -2.40. The lowest BCUT2D eigenvalue weighted by atomic mass is 9.90. The van der Waals surface area contributed by atoms with Crippen LogP contribution >= 0.6 is 0 Å². The molecule has 1 amide bonds. The van der Waals surface area contributed by atoms with Gasteiger partial charge >= 0.3 is 6.09 Å². The first-order chi connectivity index (χ1) is 11.9. The molecule has 0 bridgehead atoms. The van der Waals surface area contributed by atoms with Crippen LogP contribution in [0.25, 0.3) is 10.9 Å². The molecule has 0 N–H and O–H groups in total. The van der Waals surface area contributed by atoms with Crippen LogP contribution in [0.3, 0.4) is 0 Å². The van der Waals surface area contributed by atoms with E-state index in [-0.39, 0.29) is 18.0 Å². The van der Waals surface area contributed by atoms with E-state index in [0.29, 0.717) is 6.42 Å². The van der Waals surface area contributed by atoms with Gasteiger partial charge in [-0.3, -0.25) is 4.79 Å². The lowest BCUT2D eigenvalue weighted by Crippen LogP contribution is -2.44. The Morgan fingerprint density at radius 1 is 1.20 bits per heavy atom. The van der Waals surface area contributed by atoms with E-state index in [9.17, 15) is 9.59 Å². The number of fused-ring (bicyclic) bond motifs is 5. The van der Waals surface area contributed by atoms with Crippen molar-refractivity contribution in [2.75, 3.05) is 6.54 Å². The molecule has 1 aromatic carbocycles. The molecule has 2 aliphatic rings. The zero-order chi connectivity index (χ0) is 17.8. The van der Waals surface area contributed by atoms with Gasteiger partial charge in [-0.25, -0.2) is 9.36 Å². The van der Waals surface area contributed by atoms with E-state index in [1.807, 2.05) is 43.9 Å². The van der Waals surface area contributed by atoms with E-state index >= 15 is 0 Å². The first kappa shape index (κ1) is 16.2. The summed E-state index contributed by atoms with van der Waals surface area (Å²) in [4.78, 5) is 27.3. The highest BCUT2D eigenvalue weighted by Gasteiger charge is 2.39. The molecule has 25 heavy (non-hydrogen) atoms. The van der Waals surface area contributed by atoms with Crippen LogP contribution in [0.4, 0.5) is 4.79 Å². The van der Waals surface area contributed by atoms with Crippen LogP contribution in [0.2, 0.25) is 0 Å². The molecule has 1 fully saturated rings. The minimum atomic E-state index is -0.563. The van der Waals surface area contributed by atoms with E-state index in [0.717, 1.165) is 42.4 Å². The standard InChI is InChI=1S/C20H24N2O3/c1-20(2,3)25-19(24)22-15-8-5-4-7-13(15)14-11-12-21-16(18(14)22)9-6-10-17(21)23/h4-5,7-8,16H,6,9-12H2,1-3H3/t16-/m0/s1. The normalized spacial score (nSPS) is 20.4. The summed E-state index contributed by atoms with van der Waals surface area (Å²) in [6.45, 7) is 6.36. The second-order valence-electron chi connectivity index (χ2n) is 7.94. The van der Waals surface area contributed by atoms with Crippen molar-refractivity contribution in [2.24, 2.45) is 0 Å². The molecular weight excluding hydrogens is 316 g/mol. The minimum Gasteiger partial charge on any atom is -0.443 e.